The van der Waals surface area contributed by atoms with E-state index in [1.165, 1.54) is 0 Å². The third-order valence-electron chi connectivity index (χ3n) is 2.54. The van der Waals surface area contributed by atoms with E-state index in [-0.39, 0.29) is 0 Å². The summed E-state index contributed by atoms with van der Waals surface area (Å²) < 4.78 is 6.92. The summed E-state index contributed by atoms with van der Waals surface area (Å²) in [5, 5.41) is 6.93. The Labute approximate surface area is 117 Å². The van der Waals surface area contributed by atoms with Crippen LogP contribution in [0.5, 0.6) is 0 Å². The largest absolute Gasteiger partial charge is 0.444 e. The zero-order chi connectivity index (χ0) is 14.8. The van der Waals surface area contributed by atoms with Gasteiger partial charge in [0, 0.05) is 6.20 Å². The molecule has 20 heavy (non-hydrogen) atoms. The van der Waals surface area contributed by atoms with E-state index in [1.54, 1.807) is 23.3 Å². The SMILES string of the molecule is Cc1c(NC(=O)OC(C)(C)C)cnn1-c1cccnc1. The smallest absolute Gasteiger partial charge is 0.412 e. The normalized spacial score (nSPS) is 11.2. The summed E-state index contributed by atoms with van der Waals surface area (Å²) >= 11 is 0. The monoisotopic (exact) mass is 274 g/mol. The summed E-state index contributed by atoms with van der Waals surface area (Å²) in [5.74, 6) is 0. The summed E-state index contributed by atoms with van der Waals surface area (Å²) in [6, 6.07) is 3.72. The van der Waals surface area contributed by atoms with Crippen LogP contribution < -0.4 is 5.32 Å². The molecule has 0 aliphatic carbocycles. The molecule has 0 saturated heterocycles. The number of nitrogens with zero attached hydrogens (tertiary/aromatic N) is 3. The van der Waals surface area contributed by atoms with Crippen molar-refractivity contribution in [3.05, 3.63) is 36.4 Å². The van der Waals surface area contributed by atoms with Crippen LogP contribution in [0.15, 0.2) is 30.7 Å². The van der Waals surface area contributed by atoms with Crippen molar-refractivity contribution in [2.45, 2.75) is 33.3 Å². The number of ether oxygens (including phenoxy) is 1. The van der Waals surface area contributed by atoms with Gasteiger partial charge in [0.05, 0.1) is 29.5 Å². The van der Waals surface area contributed by atoms with Crippen LogP contribution in [0.25, 0.3) is 5.69 Å². The highest BCUT2D eigenvalue weighted by Crippen LogP contribution is 2.18. The minimum absolute atomic E-state index is 0.494. The average Bonchev–Trinajstić information content (AvgIpc) is 2.70. The number of carbonyl (C=O) groups is 1. The molecule has 1 amide bonds. The fourth-order valence-corrected chi connectivity index (χ4v) is 1.69. The number of carbonyl (C=O) groups excluding carboxylic acids is 1. The molecule has 6 heteroatoms. The summed E-state index contributed by atoms with van der Waals surface area (Å²) in [7, 11) is 0. The fourth-order valence-electron chi connectivity index (χ4n) is 1.69. The summed E-state index contributed by atoms with van der Waals surface area (Å²) in [5.41, 5.74) is 1.73. The van der Waals surface area contributed by atoms with Gasteiger partial charge in [-0.05, 0) is 39.8 Å². The molecular formula is C14H18N4O2. The quantitative estimate of drug-likeness (QED) is 0.914. The van der Waals surface area contributed by atoms with E-state index < -0.39 is 11.7 Å². The minimum Gasteiger partial charge on any atom is -0.444 e. The van der Waals surface area contributed by atoms with Gasteiger partial charge in [-0.25, -0.2) is 9.48 Å². The topological polar surface area (TPSA) is 69.0 Å². The predicted octanol–water partition coefficient (Wildman–Crippen LogP) is 2.92. The lowest BCUT2D eigenvalue weighted by molar-refractivity contribution is 0.0636. The molecule has 2 aromatic rings. The number of anilines is 1. The number of aromatic nitrogens is 3. The first-order chi connectivity index (χ1) is 9.37. The summed E-state index contributed by atoms with van der Waals surface area (Å²) in [6.45, 7) is 7.32. The molecule has 2 heterocycles. The van der Waals surface area contributed by atoms with Gasteiger partial charge in [0.2, 0.25) is 0 Å². The lowest BCUT2D eigenvalue weighted by Gasteiger charge is -2.19. The molecule has 0 aromatic carbocycles. The van der Waals surface area contributed by atoms with Crippen LogP contribution in [0.4, 0.5) is 10.5 Å². The maximum atomic E-state index is 11.7. The Morgan fingerprint density at radius 3 is 2.70 bits per heavy atom. The van der Waals surface area contributed by atoms with Crippen LogP contribution in [0, 0.1) is 6.92 Å². The van der Waals surface area contributed by atoms with Gasteiger partial charge >= 0.3 is 6.09 Å². The molecule has 0 unspecified atom stereocenters. The molecule has 1 N–H and O–H groups in total. The first-order valence-electron chi connectivity index (χ1n) is 6.32. The van der Waals surface area contributed by atoms with Crippen LogP contribution >= 0.6 is 0 Å². The van der Waals surface area contributed by atoms with E-state index >= 15 is 0 Å². The van der Waals surface area contributed by atoms with Crippen molar-refractivity contribution >= 4 is 11.8 Å². The molecule has 106 valence electrons. The van der Waals surface area contributed by atoms with Gasteiger partial charge in [-0.15, -0.1) is 0 Å². The van der Waals surface area contributed by atoms with Gasteiger partial charge < -0.3 is 4.74 Å². The Morgan fingerprint density at radius 2 is 2.10 bits per heavy atom. The number of rotatable bonds is 2. The predicted molar refractivity (Wildman–Crippen MR) is 76.0 cm³/mol. The molecule has 0 bridgehead atoms. The van der Waals surface area contributed by atoms with Crippen molar-refractivity contribution in [2.24, 2.45) is 0 Å². The van der Waals surface area contributed by atoms with Gasteiger partial charge in [-0.2, -0.15) is 5.10 Å². The second kappa shape index (κ2) is 5.32. The zero-order valence-electron chi connectivity index (χ0n) is 12.0. The van der Waals surface area contributed by atoms with E-state index in [9.17, 15) is 4.79 Å². The van der Waals surface area contributed by atoms with Crippen LogP contribution in [0.1, 0.15) is 26.5 Å². The van der Waals surface area contributed by atoms with Crippen LogP contribution in [-0.2, 0) is 4.74 Å². The molecule has 0 atom stereocenters. The van der Waals surface area contributed by atoms with Crippen LogP contribution in [-0.4, -0.2) is 26.5 Å². The first kappa shape index (κ1) is 14.0. The standard InChI is InChI=1S/C14H18N4O2/c1-10-12(17-13(19)20-14(2,3)4)9-16-18(10)11-6-5-7-15-8-11/h5-9H,1-4H3,(H,17,19). The third kappa shape index (κ3) is 3.34. The highest BCUT2D eigenvalue weighted by Gasteiger charge is 2.18. The van der Waals surface area contributed by atoms with E-state index in [2.05, 4.69) is 15.4 Å². The maximum Gasteiger partial charge on any atom is 0.412 e. The second-order valence-electron chi connectivity index (χ2n) is 5.39. The van der Waals surface area contributed by atoms with Crippen molar-refractivity contribution in [1.29, 1.82) is 0 Å². The van der Waals surface area contributed by atoms with Crippen molar-refractivity contribution < 1.29 is 9.53 Å². The highest BCUT2D eigenvalue weighted by molar-refractivity contribution is 5.85. The van der Waals surface area contributed by atoms with Crippen molar-refractivity contribution in [3.8, 4) is 5.69 Å². The molecule has 2 aromatic heterocycles. The number of hydrogen-bond acceptors (Lipinski definition) is 4. The number of hydrogen-bond donors (Lipinski definition) is 1. The lowest BCUT2D eigenvalue weighted by Crippen LogP contribution is -2.27. The van der Waals surface area contributed by atoms with E-state index in [1.807, 2.05) is 39.8 Å². The van der Waals surface area contributed by atoms with E-state index in [0.717, 1.165) is 11.4 Å². The molecule has 0 saturated carbocycles. The fraction of sp³-hybridized carbons (Fsp3) is 0.357. The number of nitrogens with one attached hydrogen (secondary N) is 1. The molecule has 0 radical (unpaired) electrons. The maximum absolute atomic E-state index is 11.7. The van der Waals surface area contributed by atoms with Crippen molar-refractivity contribution in [1.82, 2.24) is 14.8 Å². The van der Waals surface area contributed by atoms with Gasteiger partial charge in [-0.3, -0.25) is 10.3 Å². The second-order valence-corrected chi connectivity index (χ2v) is 5.39. The molecule has 2 rings (SSSR count). The van der Waals surface area contributed by atoms with E-state index in [0.29, 0.717) is 5.69 Å². The van der Waals surface area contributed by atoms with Gasteiger partial charge in [-0.1, -0.05) is 0 Å². The third-order valence-corrected chi connectivity index (χ3v) is 2.54. The molecular weight excluding hydrogens is 256 g/mol. The minimum atomic E-state index is -0.530. The molecule has 0 aliphatic heterocycles. The Kier molecular flexibility index (Phi) is 3.74. The Bertz CT molecular complexity index is 599. The Balaban J connectivity index is 2.16. The van der Waals surface area contributed by atoms with Crippen LogP contribution in [0.3, 0.4) is 0 Å². The van der Waals surface area contributed by atoms with E-state index in [4.69, 9.17) is 4.74 Å². The zero-order valence-corrected chi connectivity index (χ0v) is 12.0. The van der Waals surface area contributed by atoms with Crippen LogP contribution in [0.2, 0.25) is 0 Å². The Hall–Kier alpha value is -2.37. The molecule has 0 fully saturated rings. The average molecular weight is 274 g/mol. The summed E-state index contributed by atoms with van der Waals surface area (Å²) in [4.78, 5) is 15.8. The summed E-state index contributed by atoms with van der Waals surface area (Å²) in [6.07, 6.45) is 4.50. The number of amides is 1. The van der Waals surface area contributed by atoms with Gasteiger partial charge in [0.25, 0.3) is 0 Å². The highest BCUT2D eigenvalue weighted by atomic mass is 16.6. The Morgan fingerprint density at radius 1 is 1.35 bits per heavy atom. The van der Waals surface area contributed by atoms with Gasteiger partial charge in [0.15, 0.2) is 0 Å². The molecule has 6 nitrogen and oxygen atoms in total. The van der Waals surface area contributed by atoms with Crippen molar-refractivity contribution in [3.63, 3.8) is 0 Å². The first-order valence-corrected chi connectivity index (χ1v) is 6.32. The molecule has 0 spiro atoms. The van der Waals surface area contributed by atoms with Crippen molar-refractivity contribution in [2.75, 3.05) is 5.32 Å². The number of pyridine rings is 1. The lowest BCUT2D eigenvalue weighted by atomic mass is 10.2. The molecule has 0 aliphatic rings. The van der Waals surface area contributed by atoms with Gasteiger partial charge in [0.1, 0.15) is 5.60 Å².